The molecule has 1 heterocycles. The summed E-state index contributed by atoms with van der Waals surface area (Å²) >= 11 is 0. The van der Waals surface area contributed by atoms with E-state index in [4.69, 9.17) is 9.47 Å². The van der Waals surface area contributed by atoms with Crippen LogP contribution in [0.4, 0.5) is 0 Å². The van der Waals surface area contributed by atoms with Crippen LogP contribution in [-0.4, -0.2) is 30.6 Å². The second-order valence-corrected chi connectivity index (χ2v) is 5.66. The summed E-state index contributed by atoms with van der Waals surface area (Å²) in [6.45, 7) is 5.84. The molecular formula is C15H20N2O3. The van der Waals surface area contributed by atoms with Crippen LogP contribution in [0.3, 0.4) is 0 Å². The third-order valence-corrected chi connectivity index (χ3v) is 2.92. The summed E-state index contributed by atoms with van der Waals surface area (Å²) < 4.78 is 10.5. The monoisotopic (exact) mass is 276 g/mol. The molecule has 1 amide bonds. The molecule has 2 rings (SSSR count). The molecule has 0 atom stereocenters. The van der Waals surface area contributed by atoms with Crippen LogP contribution in [-0.2, 0) is 0 Å². The minimum absolute atomic E-state index is 0.115. The number of rotatable bonds is 3. The second-order valence-electron chi connectivity index (χ2n) is 5.66. The number of carbonyl (C=O) groups is 1. The number of ether oxygens (including phenoxy) is 2. The molecule has 0 fully saturated rings. The zero-order valence-electron chi connectivity index (χ0n) is 12.5. The van der Waals surface area contributed by atoms with Gasteiger partial charge in [-0.05, 0) is 26.8 Å². The molecule has 2 N–H and O–H groups in total. The first-order chi connectivity index (χ1) is 9.35. The van der Waals surface area contributed by atoms with Gasteiger partial charge in [-0.15, -0.1) is 0 Å². The van der Waals surface area contributed by atoms with E-state index in [1.165, 1.54) is 0 Å². The number of fused-ring (bicyclic) bond motifs is 1. The first kappa shape index (κ1) is 14.2. The van der Waals surface area contributed by atoms with Gasteiger partial charge in [0.05, 0.1) is 25.3 Å². The summed E-state index contributed by atoms with van der Waals surface area (Å²) in [6.07, 6.45) is 1.70. The van der Waals surface area contributed by atoms with Gasteiger partial charge in [0.25, 0.3) is 5.91 Å². The van der Waals surface area contributed by atoms with Gasteiger partial charge in [-0.25, -0.2) is 0 Å². The first-order valence-corrected chi connectivity index (χ1v) is 6.41. The summed E-state index contributed by atoms with van der Waals surface area (Å²) in [4.78, 5) is 15.4. The summed E-state index contributed by atoms with van der Waals surface area (Å²) in [7, 11) is 3.16. The third kappa shape index (κ3) is 2.71. The Morgan fingerprint density at radius 1 is 1.15 bits per heavy atom. The largest absolute Gasteiger partial charge is 0.493 e. The smallest absolute Gasteiger partial charge is 0.253 e. The second kappa shape index (κ2) is 5.07. The van der Waals surface area contributed by atoms with Crippen molar-refractivity contribution in [2.24, 2.45) is 0 Å². The lowest BCUT2D eigenvalue weighted by Crippen LogP contribution is -2.40. The first-order valence-electron chi connectivity index (χ1n) is 6.41. The fraction of sp³-hybridized carbons (Fsp3) is 0.400. The van der Waals surface area contributed by atoms with Crippen molar-refractivity contribution >= 4 is 16.8 Å². The molecule has 0 unspecified atom stereocenters. The molecule has 1 aromatic carbocycles. The van der Waals surface area contributed by atoms with Crippen LogP contribution in [0.25, 0.3) is 10.9 Å². The Morgan fingerprint density at radius 2 is 1.75 bits per heavy atom. The quantitative estimate of drug-likeness (QED) is 0.906. The number of hydrogen-bond acceptors (Lipinski definition) is 3. The number of benzene rings is 1. The molecule has 108 valence electrons. The fourth-order valence-corrected chi connectivity index (χ4v) is 2.04. The highest BCUT2D eigenvalue weighted by molar-refractivity contribution is 6.07. The lowest BCUT2D eigenvalue weighted by atomic mass is 10.1. The zero-order chi connectivity index (χ0) is 14.9. The highest BCUT2D eigenvalue weighted by atomic mass is 16.5. The standard InChI is InChI=1S/C15H20N2O3/c1-15(2,3)17-14(18)10-8-16-11-7-13(20-5)12(19-4)6-9(10)11/h6-8,16H,1-5H3,(H,17,18). The van der Waals surface area contributed by atoms with Crippen LogP contribution in [0, 0.1) is 0 Å². The number of carbonyl (C=O) groups excluding carboxylic acids is 1. The van der Waals surface area contributed by atoms with Crippen molar-refractivity contribution in [3.8, 4) is 11.5 Å². The molecular weight excluding hydrogens is 256 g/mol. The highest BCUT2D eigenvalue weighted by Gasteiger charge is 2.19. The zero-order valence-corrected chi connectivity index (χ0v) is 12.5. The number of hydrogen-bond donors (Lipinski definition) is 2. The number of amides is 1. The summed E-state index contributed by atoms with van der Waals surface area (Å²) in [6, 6.07) is 3.63. The van der Waals surface area contributed by atoms with Crippen LogP contribution < -0.4 is 14.8 Å². The maximum atomic E-state index is 12.3. The molecule has 0 radical (unpaired) electrons. The Morgan fingerprint density at radius 3 is 2.30 bits per heavy atom. The van der Waals surface area contributed by atoms with E-state index in [1.54, 1.807) is 20.4 Å². The van der Waals surface area contributed by atoms with Crippen LogP contribution in [0.5, 0.6) is 11.5 Å². The Labute approximate surface area is 118 Å². The van der Waals surface area contributed by atoms with Crippen LogP contribution >= 0.6 is 0 Å². The van der Waals surface area contributed by atoms with Gasteiger partial charge >= 0.3 is 0 Å². The molecule has 1 aromatic heterocycles. The van der Waals surface area contributed by atoms with Crippen molar-refractivity contribution in [2.75, 3.05) is 14.2 Å². The molecule has 0 aliphatic carbocycles. The SMILES string of the molecule is COc1cc2[nH]cc(C(=O)NC(C)(C)C)c2cc1OC. The van der Waals surface area contributed by atoms with Crippen molar-refractivity contribution in [1.82, 2.24) is 10.3 Å². The van der Waals surface area contributed by atoms with Crippen molar-refractivity contribution < 1.29 is 14.3 Å². The van der Waals surface area contributed by atoms with Gasteiger partial charge in [-0.3, -0.25) is 4.79 Å². The van der Waals surface area contributed by atoms with Gasteiger partial charge in [0.1, 0.15) is 0 Å². The predicted octanol–water partition coefficient (Wildman–Crippen LogP) is 2.71. The third-order valence-electron chi connectivity index (χ3n) is 2.92. The van der Waals surface area contributed by atoms with E-state index >= 15 is 0 Å². The van der Waals surface area contributed by atoms with E-state index in [-0.39, 0.29) is 11.4 Å². The van der Waals surface area contributed by atoms with Crippen molar-refractivity contribution in [3.05, 3.63) is 23.9 Å². The molecule has 0 saturated carbocycles. The molecule has 20 heavy (non-hydrogen) atoms. The molecule has 0 aliphatic heterocycles. The van der Waals surface area contributed by atoms with E-state index in [2.05, 4.69) is 10.3 Å². The number of aromatic nitrogens is 1. The summed E-state index contributed by atoms with van der Waals surface area (Å²) in [5, 5.41) is 3.76. The lowest BCUT2D eigenvalue weighted by Gasteiger charge is -2.20. The summed E-state index contributed by atoms with van der Waals surface area (Å²) in [5.41, 5.74) is 1.15. The predicted molar refractivity (Wildman–Crippen MR) is 78.6 cm³/mol. The molecule has 2 aromatic rings. The topological polar surface area (TPSA) is 63.4 Å². The van der Waals surface area contributed by atoms with Crippen molar-refractivity contribution in [3.63, 3.8) is 0 Å². The minimum Gasteiger partial charge on any atom is -0.493 e. The van der Waals surface area contributed by atoms with E-state index in [0.29, 0.717) is 17.1 Å². The van der Waals surface area contributed by atoms with E-state index in [9.17, 15) is 4.79 Å². The maximum Gasteiger partial charge on any atom is 0.253 e. The Kier molecular flexibility index (Phi) is 3.61. The molecule has 0 spiro atoms. The Balaban J connectivity index is 2.48. The maximum absolute atomic E-state index is 12.3. The van der Waals surface area contributed by atoms with Gasteiger partial charge < -0.3 is 19.8 Å². The molecule has 0 bridgehead atoms. The minimum atomic E-state index is -0.281. The number of aromatic amines is 1. The normalized spacial score (nSPS) is 11.4. The van der Waals surface area contributed by atoms with Crippen LogP contribution in [0.15, 0.2) is 18.3 Å². The van der Waals surface area contributed by atoms with Gasteiger partial charge in [0.2, 0.25) is 0 Å². The molecule has 0 aliphatic rings. The van der Waals surface area contributed by atoms with Gasteiger partial charge in [0.15, 0.2) is 11.5 Å². The average Bonchev–Trinajstić information content (AvgIpc) is 2.77. The van der Waals surface area contributed by atoms with Crippen molar-refractivity contribution in [2.45, 2.75) is 26.3 Å². The van der Waals surface area contributed by atoms with E-state index < -0.39 is 0 Å². The molecule has 5 nitrogen and oxygen atoms in total. The Hall–Kier alpha value is -2.17. The molecule has 5 heteroatoms. The number of nitrogens with one attached hydrogen (secondary N) is 2. The van der Waals surface area contributed by atoms with Gasteiger partial charge in [-0.1, -0.05) is 0 Å². The number of H-pyrrole nitrogens is 1. The van der Waals surface area contributed by atoms with Gasteiger partial charge in [-0.2, -0.15) is 0 Å². The Bertz CT molecular complexity index is 638. The lowest BCUT2D eigenvalue weighted by molar-refractivity contribution is 0.0921. The van der Waals surface area contributed by atoms with Crippen LogP contribution in [0.1, 0.15) is 31.1 Å². The van der Waals surface area contributed by atoms with E-state index in [1.807, 2.05) is 32.9 Å². The average molecular weight is 276 g/mol. The molecule has 0 saturated heterocycles. The fourth-order valence-electron chi connectivity index (χ4n) is 2.04. The highest BCUT2D eigenvalue weighted by Crippen LogP contribution is 2.33. The van der Waals surface area contributed by atoms with Gasteiger partial charge in [0, 0.05) is 23.2 Å². The number of methoxy groups -OCH3 is 2. The summed E-state index contributed by atoms with van der Waals surface area (Å²) in [5.74, 6) is 1.12. The van der Waals surface area contributed by atoms with Crippen molar-refractivity contribution in [1.29, 1.82) is 0 Å². The van der Waals surface area contributed by atoms with E-state index in [0.717, 1.165) is 10.9 Å². The van der Waals surface area contributed by atoms with Crippen LogP contribution in [0.2, 0.25) is 0 Å².